The number of anilines is 3. The minimum absolute atomic E-state index is 0.440. The second kappa shape index (κ2) is 11.2. The zero-order chi connectivity index (χ0) is 34.2. The monoisotopic (exact) mass is 659 g/mol. The second-order valence-corrected chi connectivity index (χ2v) is 14.1. The predicted molar refractivity (Wildman–Crippen MR) is 218 cm³/mol. The summed E-state index contributed by atoms with van der Waals surface area (Å²) in [5, 5.41) is 5.00. The van der Waals surface area contributed by atoms with Gasteiger partial charge in [0.2, 0.25) is 0 Å². The maximum Gasteiger partial charge on any atom is 0.0726 e. The first-order valence-electron chi connectivity index (χ1n) is 18.1. The van der Waals surface area contributed by atoms with Crippen LogP contribution >= 0.6 is 0 Å². The molecular weight excluding hydrogens is 627 g/mol. The first kappa shape index (κ1) is 29.1. The van der Waals surface area contributed by atoms with Crippen LogP contribution in [0, 0.1) is 0 Å². The summed E-state index contributed by atoms with van der Waals surface area (Å²) >= 11 is 0. The van der Waals surface area contributed by atoms with Gasteiger partial charge in [-0.25, -0.2) is 0 Å². The molecule has 1 unspecified atom stereocenters. The van der Waals surface area contributed by atoms with E-state index >= 15 is 0 Å². The molecule has 0 saturated heterocycles. The molecule has 1 heteroatoms. The van der Waals surface area contributed by atoms with Gasteiger partial charge in [-0.1, -0.05) is 152 Å². The lowest BCUT2D eigenvalue weighted by atomic mass is 9.70. The van der Waals surface area contributed by atoms with Crippen LogP contribution in [0.15, 0.2) is 200 Å². The maximum atomic E-state index is 2.48. The molecule has 9 aromatic rings. The molecule has 0 saturated carbocycles. The van der Waals surface area contributed by atoms with Crippen LogP contribution in [0.4, 0.5) is 17.1 Å². The van der Waals surface area contributed by atoms with Crippen molar-refractivity contribution < 1.29 is 0 Å². The Kier molecular flexibility index (Phi) is 6.23. The SMILES string of the molecule is c1ccc(-c2ccc(N(c3ccc4c(c3)C3(c5ccccc5-4)c4ccccc4-c4cc5ccccc5cc43)c3ccc4ccccc4c3)cc2)cc1. The van der Waals surface area contributed by atoms with Gasteiger partial charge in [0, 0.05) is 17.1 Å². The van der Waals surface area contributed by atoms with Crippen molar-refractivity contribution in [3.05, 3.63) is 222 Å². The lowest BCUT2D eigenvalue weighted by Gasteiger charge is -2.32. The largest absolute Gasteiger partial charge is 0.310 e. The summed E-state index contributed by atoms with van der Waals surface area (Å²) in [6.07, 6.45) is 0. The predicted octanol–water partition coefficient (Wildman–Crippen LogP) is 13.5. The first-order valence-corrected chi connectivity index (χ1v) is 18.1. The van der Waals surface area contributed by atoms with Crippen molar-refractivity contribution in [1.29, 1.82) is 0 Å². The average molecular weight is 660 g/mol. The fourth-order valence-electron chi connectivity index (χ4n) is 9.15. The molecule has 11 rings (SSSR count). The highest BCUT2D eigenvalue weighted by molar-refractivity contribution is 6.01. The van der Waals surface area contributed by atoms with Crippen molar-refractivity contribution in [2.75, 3.05) is 4.90 Å². The van der Waals surface area contributed by atoms with Gasteiger partial charge in [0.25, 0.3) is 0 Å². The number of hydrogen-bond acceptors (Lipinski definition) is 1. The molecule has 2 aliphatic carbocycles. The maximum absolute atomic E-state index is 2.48. The van der Waals surface area contributed by atoms with Crippen molar-refractivity contribution in [2.24, 2.45) is 0 Å². The molecular formula is C51H33N. The van der Waals surface area contributed by atoms with Gasteiger partial charge in [0.05, 0.1) is 5.41 Å². The van der Waals surface area contributed by atoms with Crippen LogP contribution in [0.25, 0.3) is 54.9 Å². The van der Waals surface area contributed by atoms with Crippen molar-refractivity contribution >= 4 is 38.6 Å². The summed E-state index contributed by atoms with van der Waals surface area (Å²) in [7, 11) is 0. The smallest absolute Gasteiger partial charge is 0.0726 e. The van der Waals surface area contributed by atoms with Gasteiger partial charge < -0.3 is 4.90 Å². The Hall–Kier alpha value is -6.70. The molecule has 1 spiro atoms. The van der Waals surface area contributed by atoms with Gasteiger partial charge in [-0.3, -0.25) is 0 Å². The molecule has 0 N–H and O–H groups in total. The fourth-order valence-corrected chi connectivity index (χ4v) is 9.15. The molecule has 1 atom stereocenters. The topological polar surface area (TPSA) is 3.24 Å². The average Bonchev–Trinajstić information content (AvgIpc) is 3.67. The normalized spacial score (nSPS) is 15.0. The van der Waals surface area contributed by atoms with Crippen LogP contribution < -0.4 is 4.90 Å². The third kappa shape index (κ3) is 4.11. The molecule has 1 nitrogen and oxygen atoms in total. The minimum Gasteiger partial charge on any atom is -0.310 e. The number of rotatable bonds is 4. The van der Waals surface area contributed by atoms with E-state index in [1.165, 1.54) is 77.2 Å². The summed E-state index contributed by atoms with van der Waals surface area (Å²) in [6.45, 7) is 0. The highest BCUT2D eigenvalue weighted by Gasteiger charge is 2.51. The van der Waals surface area contributed by atoms with E-state index in [2.05, 4.69) is 205 Å². The standard InChI is InChI=1S/C51H33N/c1-2-12-34(13-3-1)36-22-25-40(26-23-36)52(41-27-24-35-14-4-5-15-37(35)30-41)42-28-29-45-43-18-8-10-20-47(43)51(50(45)33-42)48-21-11-9-19-44(48)46-31-38-16-6-7-17-39(38)32-49(46)51/h1-33H. The van der Waals surface area contributed by atoms with Gasteiger partial charge >= 0.3 is 0 Å². The summed E-state index contributed by atoms with van der Waals surface area (Å²) in [4.78, 5) is 2.43. The highest BCUT2D eigenvalue weighted by Crippen LogP contribution is 2.63. The third-order valence-corrected chi connectivity index (χ3v) is 11.4. The molecule has 52 heavy (non-hydrogen) atoms. The molecule has 0 bridgehead atoms. The number of fused-ring (bicyclic) bond motifs is 12. The van der Waals surface area contributed by atoms with Crippen LogP contribution in [-0.2, 0) is 5.41 Å². The van der Waals surface area contributed by atoms with E-state index in [1.807, 2.05) is 0 Å². The molecule has 0 aliphatic heterocycles. The number of benzene rings is 9. The Morgan fingerprint density at radius 3 is 1.48 bits per heavy atom. The van der Waals surface area contributed by atoms with Gasteiger partial charge in [0.15, 0.2) is 0 Å². The van der Waals surface area contributed by atoms with Gasteiger partial charge in [-0.05, 0) is 126 Å². The summed E-state index contributed by atoms with van der Waals surface area (Å²) in [5.41, 5.74) is 16.0. The Morgan fingerprint density at radius 2 is 0.750 bits per heavy atom. The highest BCUT2D eigenvalue weighted by atomic mass is 15.1. The minimum atomic E-state index is -0.440. The van der Waals surface area contributed by atoms with E-state index in [1.54, 1.807) is 0 Å². The van der Waals surface area contributed by atoms with Crippen molar-refractivity contribution in [3.8, 4) is 33.4 Å². The van der Waals surface area contributed by atoms with E-state index in [0.717, 1.165) is 17.1 Å². The lowest BCUT2D eigenvalue weighted by molar-refractivity contribution is 0.795. The molecule has 9 aromatic carbocycles. The first-order chi connectivity index (χ1) is 25.8. The molecule has 0 amide bonds. The molecule has 242 valence electrons. The van der Waals surface area contributed by atoms with Crippen LogP contribution in [0.2, 0.25) is 0 Å². The van der Waals surface area contributed by atoms with Crippen LogP contribution in [0.3, 0.4) is 0 Å². The van der Waals surface area contributed by atoms with E-state index in [9.17, 15) is 0 Å². The zero-order valence-corrected chi connectivity index (χ0v) is 28.5. The third-order valence-electron chi connectivity index (χ3n) is 11.4. The van der Waals surface area contributed by atoms with E-state index in [-0.39, 0.29) is 0 Å². The number of hydrogen-bond donors (Lipinski definition) is 0. The van der Waals surface area contributed by atoms with E-state index in [0.29, 0.717) is 0 Å². The van der Waals surface area contributed by atoms with E-state index < -0.39 is 5.41 Å². The Morgan fingerprint density at radius 1 is 0.269 bits per heavy atom. The Balaban J connectivity index is 1.18. The van der Waals surface area contributed by atoms with E-state index in [4.69, 9.17) is 0 Å². The summed E-state index contributed by atoms with van der Waals surface area (Å²) in [6, 6.07) is 74.1. The van der Waals surface area contributed by atoms with Crippen molar-refractivity contribution in [1.82, 2.24) is 0 Å². The molecule has 0 radical (unpaired) electrons. The van der Waals surface area contributed by atoms with Crippen LogP contribution in [0.5, 0.6) is 0 Å². The fraction of sp³-hybridized carbons (Fsp3) is 0.0196. The van der Waals surface area contributed by atoms with Crippen molar-refractivity contribution in [2.45, 2.75) is 5.41 Å². The zero-order valence-electron chi connectivity index (χ0n) is 28.5. The van der Waals surface area contributed by atoms with Crippen LogP contribution in [-0.4, -0.2) is 0 Å². The Bertz CT molecular complexity index is 2850. The van der Waals surface area contributed by atoms with Gasteiger partial charge in [-0.15, -0.1) is 0 Å². The summed E-state index contributed by atoms with van der Waals surface area (Å²) in [5.74, 6) is 0. The Labute approximate surface area is 303 Å². The molecule has 0 fully saturated rings. The second-order valence-electron chi connectivity index (χ2n) is 14.1. The molecule has 0 heterocycles. The van der Waals surface area contributed by atoms with Gasteiger partial charge in [0.1, 0.15) is 0 Å². The van der Waals surface area contributed by atoms with Gasteiger partial charge in [-0.2, -0.15) is 0 Å². The lowest BCUT2D eigenvalue weighted by Crippen LogP contribution is -2.26. The quantitative estimate of drug-likeness (QED) is 0.182. The summed E-state index contributed by atoms with van der Waals surface area (Å²) < 4.78 is 0. The van der Waals surface area contributed by atoms with Crippen molar-refractivity contribution in [3.63, 3.8) is 0 Å². The molecule has 2 aliphatic rings. The van der Waals surface area contributed by atoms with Crippen LogP contribution in [0.1, 0.15) is 22.3 Å². The number of nitrogens with zero attached hydrogens (tertiary/aromatic N) is 1. The molecule has 0 aromatic heterocycles.